The lowest BCUT2D eigenvalue weighted by Gasteiger charge is -2.06. The number of nitrogens with one attached hydrogen (secondary N) is 1. The molecule has 1 aromatic heterocycles. The second-order valence-electron chi connectivity index (χ2n) is 4.25. The van der Waals surface area contributed by atoms with Gasteiger partial charge in [-0.2, -0.15) is 0 Å². The van der Waals surface area contributed by atoms with E-state index in [1.54, 1.807) is 30.3 Å². The zero-order valence-corrected chi connectivity index (χ0v) is 10.4. The van der Waals surface area contributed by atoms with Crippen LogP contribution >= 0.6 is 0 Å². The maximum absolute atomic E-state index is 12.0. The molecule has 4 heteroatoms. The van der Waals surface area contributed by atoms with Gasteiger partial charge in [0.2, 0.25) is 0 Å². The zero-order valence-electron chi connectivity index (χ0n) is 10.4. The molecule has 0 aliphatic rings. The molecule has 0 saturated carbocycles. The third-order valence-electron chi connectivity index (χ3n) is 2.50. The van der Waals surface area contributed by atoms with E-state index in [-0.39, 0.29) is 5.91 Å². The van der Waals surface area contributed by atoms with Crippen LogP contribution in [0.2, 0.25) is 0 Å². The number of nitrogen functional groups attached to an aromatic ring is 1. The molecule has 2 rings (SSSR count). The zero-order chi connectivity index (χ0) is 13.1. The van der Waals surface area contributed by atoms with Crippen molar-refractivity contribution in [2.75, 3.05) is 11.1 Å². The van der Waals surface area contributed by atoms with Crippen molar-refractivity contribution in [3.8, 4) is 0 Å². The first-order valence-electron chi connectivity index (χ1n) is 5.67. The third-order valence-corrected chi connectivity index (χ3v) is 2.50. The predicted octanol–water partition coefficient (Wildman–Crippen LogP) is 2.53. The normalized spacial score (nSPS) is 10.1. The van der Waals surface area contributed by atoms with E-state index in [1.165, 1.54) is 0 Å². The van der Waals surface area contributed by atoms with Gasteiger partial charge in [-0.1, -0.05) is 0 Å². The molecule has 4 nitrogen and oxygen atoms in total. The lowest BCUT2D eigenvalue weighted by atomic mass is 10.2. The quantitative estimate of drug-likeness (QED) is 0.794. The molecular formula is C14H15N3O. The van der Waals surface area contributed by atoms with Gasteiger partial charge in [0, 0.05) is 17.1 Å². The minimum Gasteiger partial charge on any atom is -0.399 e. The highest BCUT2D eigenvalue weighted by Crippen LogP contribution is 2.12. The first-order chi connectivity index (χ1) is 8.54. The summed E-state index contributed by atoms with van der Waals surface area (Å²) in [4.78, 5) is 16.2. The number of rotatable bonds is 2. The van der Waals surface area contributed by atoms with Crippen LogP contribution in [-0.2, 0) is 0 Å². The van der Waals surface area contributed by atoms with Gasteiger partial charge < -0.3 is 11.1 Å². The Bertz CT molecular complexity index is 556. The molecule has 0 radical (unpaired) electrons. The summed E-state index contributed by atoms with van der Waals surface area (Å²) in [6.07, 6.45) is 0. The highest BCUT2D eigenvalue weighted by atomic mass is 16.1. The SMILES string of the molecule is Cc1cc(C)nc(C(=O)Nc2ccc(N)cc2)c1. The van der Waals surface area contributed by atoms with Crippen molar-refractivity contribution >= 4 is 17.3 Å². The van der Waals surface area contributed by atoms with Gasteiger partial charge in [-0.25, -0.2) is 4.98 Å². The number of carbonyl (C=O) groups excluding carboxylic acids is 1. The van der Waals surface area contributed by atoms with Crippen LogP contribution in [0.1, 0.15) is 21.7 Å². The van der Waals surface area contributed by atoms with Crippen LogP contribution in [0.15, 0.2) is 36.4 Å². The topological polar surface area (TPSA) is 68.0 Å². The Labute approximate surface area is 106 Å². The minimum atomic E-state index is -0.216. The van der Waals surface area contributed by atoms with Gasteiger partial charge >= 0.3 is 0 Å². The van der Waals surface area contributed by atoms with Crippen molar-refractivity contribution in [3.63, 3.8) is 0 Å². The maximum atomic E-state index is 12.0. The van der Waals surface area contributed by atoms with Gasteiger partial charge in [0.25, 0.3) is 5.91 Å². The van der Waals surface area contributed by atoms with Gasteiger partial charge in [-0.15, -0.1) is 0 Å². The van der Waals surface area contributed by atoms with Gasteiger partial charge in [0.1, 0.15) is 5.69 Å². The Morgan fingerprint density at radius 1 is 1.17 bits per heavy atom. The Morgan fingerprint density at radius 3 is 2.44 bits per heavy atom. The molecule has 92 valence electrons. The number of aromatic nitrogens is 1. The fraction of sp³-hybridized carbons (Fsp3) is 0.143. The second-order valence-corrected chi connectivity index (χ2v) is 4.25. The molecule has 1 amide bonds. The first kappa shape index (κ1) is 12.1. The number of hydrogen-bond donors (Lipinski definition) is 2. The van der Waals surface area contributed by atoms with E-state index in [2.05, 4.69) is 10.3 Å². The fourth-order valence-corrected chi connectivity index (χ4v) is 1.72. The smallest absolute Gasteiger partial charge is 0.274 e. The molecule has 0 unspecified atom stereocenters. The molecule has 0 spiro atoms. The largest absolute Gasteiger partial charge is 0.399 e. The van der Waals surface area contributed by atoms with E-state index in [0.717, 1.165) is 11.3 Å². The van der Waals surface area contributed by atoms with Gasteiger partial charge in [0.15, 0.2) is 0 Å². The lowest BCUT2D eigenvalue weighted by Crippen LogP contribution is -2.14. The summed E-state index contributed by atoms with van der Waals surface area (Å²) in [6, 6.07) is 10.7. The lowest BCUT2D eigenvalue weighted by molar-refractivity contribution is 0.102. The van der Waals surface area contributed by atoms with Crippen molar-refractivity contribution in [2.24, 2.45) is 0 Å². The first-order valence-corrected chi connectivity index (χ1v) is 5.67. The standard InChI is InChI=1S/C14H15N3O/c1-9-7-10(2)16-13(8-9)14(18)17-12-5-3-11(15)4-6-12/h3-8H,15H2,1-2H3,(H,17,18). The molecule has 1 heterocycles. The number of nitrogens with zero attached hydrogens (tertiary/aromatic N) is 1. The molecular weight excluding hydrogens is 226 g/mol. The number of anilines is 2. The minimum absolute atomic E-state index is 0.216. The summed E-state index contributed by atoms with van der Waals surface area (Å²) >= 11 is 0. The number of pyridine rings is 1. The molecule has 1 aromatic carbocycles. The average molecular weight is 241 g/mol. The Hall–Kier alpha value is -2.36. The number of carbonyl (C=O) groups is 1. The van der Waals surface area contributed by atoms with Crippen molar-refractivity contribution in [1.82, 2.24) is 4.98 Å². The van der Waals surface area contributed by atoms with Gasteiger partial charge in [-0.05, 0) is 55.8 Å². The van der Waals surface area contributed by atoms with Crippen molar-refractivity contribution < 1.29 is 4.79 Å². The van der Waals surface area contributed by atoms with E-state index in [4.69, 9.17) is 5.73 Å². The van der Waals surface area contributed by atoms with E-state index in [9.17, 15) is 4.79 Å². The summed E-state index contributed by atoms with van der Waals surface area (Å²) in [5.41, 5.74) is 9.22. The van der Waals surface area contributed by atoms with Gasteiger partial charge in [-0.3, -0.25) is 4.79 Å². The van der Waals surface area contributed by atoms with Crippen LogP contribution in [0.4, 0.5) is 11.4 Å². The Morgan fingerprint density at radius 2 is 1.83 bits per heavy atom. The highest BCUT2D eigenvalue weighted by Gasteiger charge is 2.08. The van der Waals surface area contributed by atoms with E-state index in [1.807, 2.05) is 19.9 Å². The van der Waals surface area contributed by atoms with Crippen LogP contribution in [0.3, 0.4) is 0 Å². The summed E-state index contributed by atoms with van der Waals surface area (Å²) in [7, 11) is 0. The molecule has 0 fully saturated rings. The fourth-order valence-electron chi connectivity index (χ4n) is 1.72. The second kappa shape index (κ2) is 4.87. The maximum Gasteiger partial charge on any atom is 0.274 e. The van der Waals surface area contributed by atoms with Crippen LogP contribution in [0.5, 0.6) is 0 Å². The Kier molecular flexibility index (Phi) is 3.28. The molecule has 0 bridgehead atoms. The number of amides is 1. The van der Waals surface area contributed by atoms with E-state index < -0.39 is 0 Å². The molecule has 18 heavy (non-hydrogen) atoms. The average Bonchev–Trinajstić information content (AvgIpc) is 2.31. The van der Waals surface area contributed by atoms with E-state index in [0.29, 0.717) is 17.1 Å². The van der Waals surface area contributed by atoms with Gasteiger partial charge in [0.05, 0.1) is 0 Å². The van der Waals surface area contributed by atoms with Crippen LogP contribution in [-0.4, -0.2) is 10.9 Å². The summed E-state index contributed by atoms with van der Waals surface area (Å²) < 4.78 is 0. The van der Waals surface area contributed by atoms with Crippen LogP contribution < -0.4 is 11.1 Å². The predicted molar refractivity (Wildman–Crippen MR) is 72.5 cm³/mol. The molecule has 0 aliphatic carbocycles. The number of nitrogens with two attached hydrogens (primary N) is 1. The number of hydrogen-bond acceptors (Lipinski definition) is 3. The molecule has 0 atom stereocenters. The Balaban J connectivity index is 2.19. The molecule has 2 aromatic rings. The number of benzene rings is 1. The van der Waals surface area contributed by atoms with Crippen molar-refractivity contribution in [3.05, 3.63) is 53.3 Å². The monoisotopic (exact) mass is 241 g/mol. The summed E-state index contributed by atoms with van der Waals surface area (Å²) in [5, 5.41) is 2.78. The summed E-state index contributed by atoms with van der Waals surface area (Å²) in [6.45, 7) is 3.81. The van der Waals surface area contributed by atoms with Crippen molar-refractivity contribution in [1.29, 1.82) is 0 Å². The number of aryl methyl sites for hydroxylation is 2. The van der Waals surface area contributed by atoms with E-state index >= 15 is 0 Å². The molecule has 3 N–H and O–H groups in total. The van der Waals surface area contributed by atoms with Crippen molar-refractivity contribution in [2.45, 2.75) is 13.8 Å². The molecule has 0 saturated heterocycles. The third kappa shape index (κ3) is 2.85. The molecule has 0 aliphatic heterocycles. The highest BCUT2D eigenvalue weighted by molar-refractivity contribution is 6.03. The van der Waals surface area contributed by atoms with Crippen LogP contribution in [0.25, 0.3) is 0 Å². The summed E-state index contributed by atoms with van der Waals surface area (Å²) in [5.74, 6) is -0.216. The van der Waals surface area contributed by atoms with Crippen LogP contribution in [0, 0.1) is 13.8 Å².